The number of rotatable bonds is 2. The summed E-state index contributed by atoms with van der Waals surface area (Å²) in [5.41, 5.74) is 1.35. The lowest BCUT2D eigenvalue weighted by Gasteiger charge is -2.26. The maximum Gasteiger partial charge on any atom is 0.259 e. The van der Waals surface area contributed by atoms with Crippen molar-refractivity contribution in [2.75, 3.05) is 13.1 Å². The van der Waals surface area contributed by atoms with Crippen molar-refractivity contribution >= 4 is 21.6 Å². The van der Waals surface area contributed by atoms with E-state index in [0.717, 1.165) is 47.9 Å². The largest absolute Gasteiger partial charge is 0.309 e. The Morgan fingerprint density at radius 1 is 1.25 bits per heavy atom. The van der Waals surface area contributed by atoms with Crippen LogP contribution < -0.4 is 5.56 Å². The number of fused-ring (bicyclic) bond motifs is 3. The molecule has 1 aliphatic carbocycles. The van der Waals surface area contributed by atoms with Gasteiger partial charge in [-0.05, 0) is 63.6 Å². The molecule has 2 atom stereocenters. The van der Waals surface area contributed by atoms with E-state index in [1.807, 2.05) is 0 Å². The Morgan fingerprint density at radius 3 is 2.75 bits per heavy atom. The summed E-state index contributed by atoms with van der Waals surface area (Å²) in [6.07, 6.45) is 8.47. The molecule has 0 radical (unpaired) electrons. The number of likely N-dealkylation sites (tertiary alicyclic amines) is 1. The quantitative estimate of drug-likeness (QED) is 0.893. The molecule has 24 heavy (non-hydrogen) atoms. The highest BCUT2D eigenvalue weighted by Gasteiger charge is 2.25. The van der Waals surface area contributed by atoms with Gasteiger partial charge in [-0.3, -0.25) is 9.69 Å². The van der Waals surface area contributed by atoms with Gasteiger partial charge in [-0.25, -0.2) is 4.98 Å². The summed E-state index contributed by atoms with van der Waals surface area (Å²) in [6.45, 7) is 6.71. The molecular weight excluding hydrogens is 318 g/mol. The van der Waals surface area contributed by atoms with Crippen LogP contribution in [0.15, 0.2) is 4.79 Å². The first-order chi connectivity index (χ1) is 11.6. The summed E-state index contributed by atoms with van der Waals surface area (Å²) in [7, 11) is 0. The minimum absolute atomic E-state index is 0.0729. The Labute approximate surface area is 147 Å². The SMILES string of the molecule is CC1CCc2c(sc3nc(C(C)N4CCCCCC4)[nH]c(=O)c23)C1. The standard InChI is InChI=1S/C19H27N3OS/c1-12-7-8-14-15(11-12)24-19-16(14)18(23)20-17(21-19)13(2)22-9-5-3-4-6-10-22/h12-13H,3-11H2,1-2H3,(H,20,21,23). The van der Waals surface area contributed by atoms with Gasteiger partial charge in [0.15, 0.2) is 0 Å². The van der Waals surface area contributed by atoms with E-state index < -0.39 is 0 Å². The summed E-state index contributed by atoms with van der Waals surface area (Å²) in [6, 6.07) is 0.193. The van der Waals surface area contributed by atoms with Gasteiger partial charge in [0.2, 0.25) is 0 Å². The predicted molar refractivity (Wildman–Crippen MR) is 99.9 cm³/mol. The Kier molecular flexibility index (Phi) is 4.48. The minimum Gasteiger partial charge on any atom is -0.309 e. The van der Waals surface area contributed by atoms with E-state index in [-0.39, 0.29) is 11.6 Å². The summed E-state index contributed by atoms with van der Waals surface area (Å²) in [5.74, 6) is 1.57. The maximum atomic E-state index is 12.8. The highest BCUT2D eigenvalue weighted by Crippen LogP contribution is 2.36. The molecule has 2 aliphatic rings. The highest BCUT2D eigenvalue weighted by molar-refractivity contribution is 7.18. The van der Waals surface area contributed by atoms with Gasteiger partial charge in [-0.2, -0.15) is 0 Å². The molecule has 4 nitrogen and oxygen atoms in total. The molecule has 4 rings (SSSR count). The molecule has 0 aromatic carbocycles. The van der Waals surface area contributed by atoms with E-state index >= 15 is 0 Å². The van der Waals surface area contributed by atoms with Crippen molar-refractivity contribution in [3.8, 4) is 0 Å². The van der Waals surface area contributed by atoms with Crippen LogP contribution in [0.2, 0.25) is 0 Å². The van der Waals surface area contributed by atoms with Crippen molar-refractivity contribution in [2.24, 2.45) is 5.92 Å². The molecule has 0 saturated carbocycles. The fourth-order valence-corrected chi connectivity index (χ4v) is 5.61. The van der Waals surface area contributed by atoms with Crippen molar-refractivity contribution in [1.29, 1.82) is 0 Å². The summed E-state index contributed by atoms with van der Waals surface area (Å²) in [4.78, 5) is 25.6. The van der Waals surface area contributed by atoms with E-state index in [4.69, 9.17) is 4.98 Å². The van der Waals surface area contributed by atoms with Crippen LogP contribution in [0.3, 0.4) is 0 Å². The summed E-state index contributed by atoms with van der Waals surface area (Å²) in [5, 5.41) is 0.869. The lowest BCUT2D eigenvalue weighted by Crippen LogP contribution is -2.30. The topological polar surface area (TPSA) is 49.0 Å². The number of aryl methyl sites for hydroxylation is 1. The van der Waals surface area contributed by atoms with Crippen molar-refractivity contribution in [3.05, 3.63) is 26.6 Å². The predicted octanol–water partition coefficient (Wildman–Crippen LogP) is 4.05. The molecule has 0 amide bonds. The van der Waals surface area contributed by atoms with Gasteiger partial charge in [-0.15, -0.1) is 11.3 Å². The molecule has 2 aromatic rings. The molecule has 2 unspecified atom stereocenters. The second-order valence-corrected chi connectivity index (χ2v) is 8.69. The Morgan fingerprint density at radius 2 is 2.00 bits per heavy atom. The first kappa shape index (κ1) is 16.3. The van der Waals surface area contributed by atoms with Crippen molar-refractivity contribution in [1.82, 2.24) is 14.9 Å². The second-order valence-electron chi connectivity index (χ2n) is 7.61. The van der Waals surface area contributed by atoms with Crippen LogP contribution in [0.25, 0.3) is 10.2 Å². The third-order valence-corrected chi connectivity index (χ3v) is 6.92. The highest BCUT2D eigenvalue weighted by atomic mass is 32.1. The molecule has 3 heterocycles. The number of hydrogen-bond acceptors (Lipinski definition) is 4. The van der Waals surface area contributed by atoms with Crippen LogP contribution in [0.1, 0.15) is 68.3 Å². The molecule has 1 fully saturated rings. The number of nitrogens with one attached hydrogen (secondary N) is 1. The zero-order valence-electron chi connectivity index (χ0n) is 14.7. The van der Waals surface area contributed by atoms with Gasteiger partial charge >= 0.3 is 0 Å². The van der Waals surface area contributed by atoms with E-state index in [9.17, 15) is 4.79 Å². The number of aromatic amines is 1. The molecule has 1 N–H and O–H groups in total. The van der Waals surface area contributed by atoms with E-state index in [1.54, 1.807) is 11.3 Å². The first-order valence-corrected chi connectivity index (χ1v) is 10.2. The fraction of sp³-hybridized carbons (Fsp3) is 0.684. The number of nitrogens with zero attached hydrogens (tertiary/aromatic N) is 2. The summed E-state index contributed by atoms with van der Waals surface area (Å²) < 4.78 is 0. The number of thiophene rings is 1. The summed E-state index contributed by atoms with van der Waals surface area (Å²) >= 11 is 1.75. The van der Waals surface area contributed by atoms with E-state index in [0.29, 0.717) is 0 Å². The van der Waals surface area contributed by atoms with Crippen LogP contribution in [0.4, 0.5) is 0 Å². The molecule has 0 spiro atoms. The van der Waals surface area contributed by atoms with Crippen molar-refractivity contribution < 1.29 is 0 Å². The van der Waals surface area contributed by atoms with Crippen molar-refractivity contribution in [3.63, 3.8) is 0 Å². The molecule has 1 aliphatic heterocycles. The van der Waals surface area contributed by atoms with Gasteiger partial charge in [-0.1, -0.05) is 19.8 Å². The first-order valence-electron chi connectivity index (χ1n) is 9.42. The smallest absolute Gasteiger partial charge is 0.259 e. The second kappa shape index (κ2) is 6.60. The van der Waals surface area contributed by atoms with Crippen LogP contribution >= 0.6 is 11.3 Å². The monoisotopic (exact) mass is 345 g/mol. The van der Waals surface area contributed by atoms with Crippen molar-refractivity contribution in [2.45, 2.75) is 64.8 Å². The fourth-order valence-electron chi connectivity index (χ4n) is 4.22. The molecule has 130 valence electrons. The molecular formula is C19H27N3OS. The molecule has 1 saturated heterocycles. The van der Waals surface area contributed by atoms with E-state index in [2.05, 4.69) is 23.7 Å². The van der Waals surface area contributed by atoms with Gasteiger partial charge in [0.05, 0.1) is 11.4 Å². The lowest BCUT2D eigenvalue weighted by molar-refractivity contribution is 0.211. The Bertz CT molecular complexity index is 786. The van der Waals surface area contributed by atoms with Crippen LogP contribution in [0, 0.1) is 5.92 Å². The number of hydrogen-bond donors (Lipinski definition) is 1. The van der Waals surface area contributed by atoms with Crippen LogP contribution in [-0.4, -0.2) is 28.0 Å². The van der Waals surface area contributed by atoms with Crippen LogP contribution in [-0.2, 0) is 12.8 Å². The van der Waals surface area contributed by atoms with Gasteiger partial charge in [0.1, 0.15) is 10.7 Å². The van der Waals surface area contributed by atoms with Crippen LogP contribution in [0.5, 0.6) is 0 Å². The average Bonchev–Trinajstić information content (AvgIpc) is 2.74. The number of H-pyrrole nitrogens is 1. The van der Waals surface area contributed by atoms with Gasteiger partial charge in [0, 0.05) is 4.88 Å². The average molecular weight is 346 g/mol. The molecule has 5 heteroatoms. The van der Waals surface area contributed by atoms with Gasteiger partial charge < -0.3 is 4.98 Å². The number of aromatic nitrogens is 2. The zero-order chi connectivity index (χ0) is 16.7. The minimum atomic E-state index is 0.0729. The normalized spacial score (nSPS) is 23.8. The van der Waals surface area contributed by atoms with Gasteiger partial charge in [0.25, 0.3) is 5.56 Å². The maximum absolute atomic E-state index is 12.8. The Hall–Kier alpha value is -1.20. The zero-order valence-corrected chi connectivity index (χ0v) is 15.5. The third-order valence-electron chi connectivity index (χ3n) is 5.77. The molecule has 2 aromatic heterocycles. The third kappa shape index (κ3) is 2.93. The lowest BCUT2D eigenvalue weighted by atomic mass is 9.89. The molecule has 0 bridgehead atoms. The van der Waals surface area contributed by atoms with E-state index in [1.165, 1.54) is 42.5 Å². The Balaban J connectivity index is 1.71.